The van der Waals surface area contributed by atoms with Crippen LogP contribution >= 0.6 is 11.6 Å². The van der Waals surface area contributed by atoms with Gasteiger partial charge in [0.25, 0.3) is 0 Å². The van der Waals surface area contributed by atoms with Crippen molar-refractivity contribution in [3.8, 4) is 0 Å². The molecule has 0 heterocycles. The van der Waals surface area contributed by atoms with Crippen LogP contribution in [-0.4, -0.2) is 6.54 Å². The largest absolute Gasteiger partial charge is 0.310 e. The molecule has 0 fully saturated rings. The Bertz CT molecular complexity index is 347. The molecule has 0 aliphatic heterocycles. The maximum absolute atomic E-state index is 6.40. The molecule has 1 atom stereocenters. The summed E-state index contributed by atoms with van der Waals surface area (Å²) in [4.78, 5) is 0. The van der Waals surface area contributed by atoms with Crippen molar-refractivity contribution < 1.29 is 0 Å². The lowest BCUT2D eigenvalue weighted by atomic mass is 9.96. The van der Waals surface area contributed by atoms with Crippen molar-refractivity contribution in [3.63, 3.8) is 0 Å². The molecule has 17 heavy (non-hydrogen) atoms. The fourth-order valence-corrected chi connectivity index (χ4v) is 2.31. The highest BCUT2D eigenvalue weighted by Crippen LogP contribution is 2.29. The van der Waals surface area contributed by atoms with E-state index in [0.717, 1.165) is 29.5 Å². The molecule has 1 nitrogen and oxygen atoms in total. The molecule has 0 radical (unpaired) electrons. The van der Waals surface area contributed by atoms with Gasteiger partial charge in [-0.15, -0.1) is 0 Å². The van der Waals surface area contributed by atoms with Crippen molar-refractivity contribution in [2.75, 3.05) is 6.54 Å². The van der Waals surface area contributed by atoms with E-state index >= 15 is 0 Å². The van der Waals surface area contributed by atoms with Gasteiger partial charge in [-0.05, 0) is 43.4 Å². The van der Waals surface area contributed by atoms with Crippen LogP contribution in [0.15, 0.2) is 18.2 Å². The zero-order valence-electron chi connectivity index (χ0n) is 11.4. The first-order valence-electron chi connectivity index (χ1n) is 6.54. The molecule has 1 rings (SSSR count). The molecule has 1 unspecified atom stereocenters. The molecule has 0 saturated carbocycles. The van der Waals surface area contributed by atoms with Gasteiger partial charge in [0.2, 0.25) is 0 Å². The summed E-state index contributed by atoms with van der Waals surface area (Å²) in [5.41, 5.74) is 2.41. The van der Waals surface area contributed by atoms with Crippen LogP contribution in [-0.2, 0) is 0 Å². The Morgan fingerprint density at radius 1 is 1.24 bits per heavy atom. The average Bonchev–Trinajstić information content (AvgIpc) is 2.28. The predicted octanol–water partition coefficient (Wildman–Crippen LogP) is 4.74. The molecule has 2 heteroatoms. The number of halogens is 1. The molecule has 0 amide bonds. The van der Waals surface area contributed by atoms with Gasteiger partial charge >= 0.3 is 0 Å². The number of aryl methyl sites for hydroxylation is 1. The van der Waals surface area contributed by atoms with Gasteiger partial charge in [0, 0.05) is 11.1 Å². The monoisotopic (exact) mass is 253 g/mol. The third-order valence-corrected chi connectivity index (χ3v) is 3.60. The van der Waals surface area contributed by atoms with Gasteiger partial charge < -0.3 is 5.32 Å². The van der Waals surface area contributed by atoms with Crippen LogP contribution < -0.4 is 5.32 Å². The smallest absolute Gasteiger partial charge is 0.0482 e. The Morgan fingerprint density at radius 3 is 2.53 bits per heavy atom. The van der Waals surface area contributed by atoms with Crippen molar-refractivity contribution in [1.82, 2.24) is 5.32 Å². The quantitative estimate of drug-likeness (QED) is 0.773. The zero-order chi connectivity index (χ0) is 12.8. The van der Waals surface area contributed by atoms with E-state index < -0.39 is 0 Å². The summed E-state index contributed by atoms with van der Waals surface area (Å²) < 4.78 is 0. The van der Waals surface area contributed by atoms with E-state index in [-0.39, 0.29) is 0 Å². The Kier molecular flexibility index (Phi) is 6.01. The first-order valence-corrected chi connectivity index (χ1v) is 6.92. The summed E-state index contributed by atoms with van der Waals surface area (Å²) in [6.07, 6.45) is 2.37. The molecule has 0 saturated heterocycles. The Hall–Kier alpha value is -0.530. The van der Waals surface area contributed by atoms with Crippen LogP contribution in [0, 0.1) is 12.8 Å². The molecule has 0 aliphatic carbocycles. The highest BCUT2D eigenvalue weighted by atomic mass is 35.5. The van der Waals surface area contributed by atoms with Gasteiger partial charge in [0.05, 0.1) is 0 Å². The van der Waals surface area contributed by atoms with Crippen LogP contribution in [0.5, 0.6) is 0 Å². The molecule has 1 aromatic rings. The molecule has 96 valence electrons. The third kappa shape index (κ3) is 4.33. The second-order valence-corrected chi connectivity index (χ2v) is 5.44. The van der Waals surface area contributed by atoms with Crippen molar-refractivity contribution in [2.45, 2.75) is 46.6 Å². The third-order valence-electron chi connectivity index (χ3n) is 3.08. The number of rotatable bonds is 6. The summed E-state index contributed by atoms with van der Waals surface area (Å²) in [7, 11) is 0. The van der Waals surface area contributed by atoms with Crippen LogP contribution in [0.4, 0.5) is 0 Å². The molecule has 0 aliphatic rings. The summed E-state index contributed by atoms with van der Waals surface area (Å²) in [5.74, 6) is 0.736. The maximum Gasteiger partial charge on any atom is 0.0482 e. The minimum Gasteiger partial charge on any atom is -0.310 e. The molecule has 0 spiro atoms. The lowest BCUT2D eigenvalue weighted by molar-refractivity contribution is 0.448. The molecule has 0 aromatic heterocycles. The van der Waals surface area contributed by atoms with Gasteiger partial charge in [-0.1, -0.05) is 50.6 Å². The second-order valence-electron chi connectivity index (χ2n) is 5.06. The number of hydrogen-bond acceptors (Lipinski definition) is 1. The summed E-state index contributed by atoms with van der Waals surface area (Å²) >= 11 is 6.40. The highest BCUT2D eigenvalue weighted by Gasteiger charge is 2.14. The highest BCUT2D eigenvalue weighted by molar-refractivity contribution is 6.32. The van der Waals surface area contributed by atoms with Crippen molar-refractivity contribution in [3.05, 3.63) is 34.3 Å². The van der Waals surface area contributed by atoms with E-state index in [1.165, 1.54) is 12.0 Å². The van der Waals surface area contributed by atoms with Crippen LogP contribution in [0.1, 0.15) is 50.8 Å². The molecule has 1 N–H and O–H groups in total. The van der Waals surface area contributed by atoms with Gasteiger partial charge in [0.1, 0.15) is 0 Å². The van der Waals surface area contributed by atoms with Gasteiger partial charge in [-0.2, -0.15) is 0 Å². The first kappa shape index (κ1) is 14.5. The molecule has 0 bridgehead atoms. The number of benzene rings is 1. The lowest BCUT2D eigenvalue weighted by Crippen LogP contribution is -2.21. The summed E-state index contributed by atoms with van der Waals surface area (Å²) in [6.45, 7) is 9.72. The SMILES string of the molecule is CCNC(CCC(C)C)c1cccc(C)c1Cl. The number of nitrogens with one attached hydrogen (secondary N) is 1. The lowest BCUT2D eigenvalue weighted by Gasteiger charge is -2.21. The molecule has 1 aromatic carbocycles. The van der Waals surface area contributed by atoms with Crippen LogP contribution in [0.3, 0.4) is 0 Å². The van der Waals surface area contributed by atoms with E-state index in [0.29, 0.717) is 6.04 Å². The van der Waals surface area contributed by atoms with E-state index in [2.05, 4.69) is 51.2 Å². The first-order chi connectivity index (χ1) is 8.06. The Labute approximate surface area is 111 Å². The second kappa shape index (κ2) is 7.03. The molecular formula is C15H24ClN. The van der Waals surface area contributed by atoms with Crippen molar-refractivity contribution >= 4 is 11.6 Å². The Balaban J connectivity index is 2.85. The fraction of sp³-hybridized carbons (Fsp3) is 0.600. The minimum absolute atomic E-state index is 0.384. The standard InChI is InChI=1S/C15H24ClN/c1-5-17-14(10-9-11(2)3)13-8-6-7-12(4)15(13)16/h6-8,11,14,17H,5,9-10H2,1-4H3. The average molecular weight is 254 g/mol. The fourth-order valence-electron chi connectivity index (χ4n) is 2.05. The van der Waals surface area contributed by atoms with Gasteiger partial charge in [-0.25, -0.2) is 0 Å². The summed E-state index contributed by atoms with van der Waals surface area (Å²) in [6, 6.07) is 6.69. The van der Waals surface area contributed by atoms with E-state index in [4.69, 9.17) is 11.6 Å². The predicted molar refractivity (Wildman–Crippen MR) is 76.7 cm³/mol. The van der Waals surface area contributed by atoms with E-state index in [9.17, 15) is 0 Å². The number of hydrogen-bond donors (Lipinski definition) is 1. The van der Waals surface area contributed by atoms with Gasteiger partial charge in [-0.3, -0.25) is 0 Å². The van der Waals surface area contributed by atoms with Crippen LogP contribution in [0.2, 0.25) is 5.02 Å². The molecular weight excluding hydrogens is 230 g/mol. The zero-order valence-corrected chi connectivity index (χ0v) is 12.1. The van der Waals surface area contributed by atoms with E-state index in [1.54, 1.807) is 0 Å². The maximum atomic E-state index is 6.40. The Morgan fingerprint density at radius 2 is 1.94 bits per heavy atom. The normalized spacial score (nSPS) is 13.1. The van der Waals surface area contributed by atoms with Crippen molar-refractivity contribution in [2.24, 2.45) is 5.92 Å². The minimum atomic E-state index is 0.384. The summed E-state index contributed by atoms with van der Waals surface area (Å²) in [5, 5.41) is 4.46. The topological polar surface area (TPSA) is 12.0 Å². The van der Waals surface area contributed by atoms with Crippen LogP contribution in [0.25, 0.3) is 0 Å². The van der Waals surface area contributed by atoms with E-state index in [1.807, 2.05) is 0 Å². The van der Waals surface area contributed by atoms with Crippen molar-refractivity contribution in [1.29, 1.82) is 0 Å². The van der Waals surface area contributed by atoms with Gasteiger partial charge in [0.15, 0.2) is 0 Å².